The van der Waals surface area contributed by atoms with E-state index in [1.807, 2.05) is 41.0 Å². The maximum atomic E-state index is 12.9. The van der Waals surface area contributed by atoms with Crippen molar-refractivity contribution in [2.24, 2.45) is 0 Å². The molecule has 0 saturated carbocycles. The molecule has 10 nitrogen and oxygen atoms in total. The molecule has 10 heteroatoms. The quantitative estimate of drug-likeness (QED) is 0.200. The van der Waals surface area contributed by atoms with Crippen LogP contribution in [-0.4, -0.2) is 50.7 Å². The van der Waals surface area contributed by atoms with Gasteiger partial charge in [-0.15, -0.1) is 0 Å². The number of carbonyl (C=O) groups is 2. The van der Waals surface area contributed by atoms with Gasteiger partial charge in [0.15, 0.2) is 5.65 Å². The van der Waals surface area contributed by atoms with Gasteiger partial charge >= 0.3 is 0 Å². The van der Waals surface area contributed by atoms with Crippen molar-refractivity contribution < 1.29 is 14.7 Å². The number of amides is 2. The fraction of sp³-hybridized carbons (Fsp3) is 0.290. The zero-order valence-corrected chi connectivity index (χ0v) is 23.1. The minimum atomic E-state index is -0.313. The zero-order valence-electron chi connectivity index (χ0n) is 23.1. The average molecular weight is 554 g/mol. The van der Waals surface area contributed by atoms with E-state index in [9.17, 15) is 14.7 Å². The van der Waals surface area contributed by atoms with E-state index in [-0.39, 0.29) is 24.5 Å². The number of piperidine rings is 1. The zero-order chi connectivity index (χ0) is 28.8. The third kappa shape index (κ3) is 6.38. The maximum absolute atomic E-state index is 12.9. The Balaban J connectivity index is 1.38. The molecular weight excluding hydrogens is 518 g/mol. The summed E-state index contributed by atoms with van der Waals surface area (Å²) >= 11 is 0. The van der Waals surface area contributed by atoms with Crippen molar-refractivity contribution in [3.05, 3.63) is 84.6 Å². The molecule has 1 saturated heterocycles. The largest absolute Gasteiger partial charge is 0.396 e. The second-order valence-electron chi connectivity index (χ2n) is 10.0. The number of rotatable bonds is 10. The van der Waals surface area contributed by atoms with E-state index in [0.29, 0.717) is 23.4 Å². The molecule has 1 aliphatic rings. The van der Waals surface area contributed by atoms with Crippen molar-refractivity contribution in [3.63, 3.8) is 0 Å². The molecule has 4 aromatic rings. The molecule has 2 aromatic carbocycles. The van der Waals surface area contributed by atoms with Crippen LogP contribution in [0.3, 0.4) is 0 Å². The van der Waals surface area contributed by atoms with Crippen molar-refractivity contribution in [2.45, 2.75) is 45.1 Å². The lowest BCUT2D eigenvalue weighted by atomic mass is 9.99. The summed E-state index contributed by atoms with van der Waals surface area (Å²) < 4.78 is 1.81. The standard InChI is InChI=1S/C31H35N7O3/c1-3-21-20-32-38-28(19-27(36-30(21)38)37-16-6-5-10-26(37)15-17-39)33-24-8-7-9-25(18-24)35-31(41)22-11-13-23(14-12-22)34-29(40)4-2/h4,7-9,11-14,18-20,26,33,39H,2-3,5-6,10,15-17H2,1H3,(H,34,40)(H,35,41). The summed E-state index contributed by atoms with van der Waals surface area (Å²) in [5.41, 5.74) is 4.31. The first-order valence-corrected chi connectivity index (χ1v) is 14.0. The Kier molecular flexibility index (Phi) is 8.59. The second-order valence-corrected chi connectivity index (χ2v) is 10.0. The normalized spacial score (nSPS) is 15.0. The predicted molar refractivity (Wildman–Crippen MR) is 162 cm³/mol. The first kappa shape index (κ1) is 27.9. The lowest BCUT2D eigenvalue weighted by molar-refractivity contribution is -0.111. The Morgan fingerprint density at radius 2 is 1.88 bits per heavy atom. The molecule has 0 radical (unpaired) electrons. The third-order valence-electron chi connectivity index (χ3n) is 7.29. The van der Waals surface area contributed by atoms with E-state index in [4.69, 9.17) is 4.98 Å². The Morgan fingerprint density at radius 3 is 2.63 bits per heavy atom. The van der Waals surface area contributed by atoms with E-state index in [1.54, 1.807) is 24.3 Å². The van der Waals surface area contributed by atoms with Crippen molar-refractivity contribution in [1.82, 2.24) is 14.6 Å². The maximum Gasteiger partial charge on any atom is 0.255 e. The highest BCUT2D eigenvalue weighted by Gasteiger charge is 2.25. The number of carbonyl (C=O) groups excluding carboxylic acids is 2. The number of aliphatic hydroxyl groups is 1. The first-order valence-electron chi connectivity index (χ1n) is 14.0. The fourth-order valence-corrected chi connectivity index (χ4v) is 5.16. The number of aliphatic hydroxyl groups excluding tert-OH is 1. The molecule has 0 bridgehead atoms. The van der Waals surface area contributed by atoms with Crippen LogP contribution in [0.5, 0.6) is 0 Å². The van der Waals surface area contributed by atoms with Crippen molar-refractivity contribution in [1.29, 1.82) is 0 Å². The van der Waals surface area contributed by atoms with Crippen LogP contribution in [0.15, 0.2) is 73.4 Å². The number of nitrogens with zero attached hydrogens (tertiary/aromatic N) is 4. The van der Waals surface area contributed by atoms with Crippen molar-refractivity contribution >= 4 is 46.2 Å². The van der Waals surface area contributed by atoms with Gasteiger partial charge in [-0.1, -0.05) is 19.6 Å². The monoisotopic (exact) mass is 553 g/mol. The number of hydrogen-bond donors (Lipinski definition) is 4. The number of anilines is 5. The molecule has 0 aliphatic carbocycles. The number of aryl methyl sites for hydroxylation is 1. The number of hydrogen-bond acceptors (Lipinski definition) is 7. The van der Waals surface area contributed by atoms with Crippen LogP contribution in [0, 0.1) is 0 Å². The molecule has 41 heavy (non-hydrogen) atoms. The SMILES string of the molecule is C=CC(=O)Nc1ccc(C(=O)Nc2cccc(Nc3cc(N4CCCCC4CCO)nc4c(CC)cnn34)c2)cc1. The Morgan fingerprint density at radius 1 is 1.07 bits per heavy atom. The van der Waals surface area contributed by atoms with Gasteiger partial charge < -0.3 is 26.0 Å². The van der Waals surface area contributed by atoms with Gasteiger partial charge in [0.25, 0.3) is 5.91 Å². The number of aromatic nitrogens is 3. The van der Waals surface area contributed by atoms with Crippen LogP contribution >= 0.6 is 0 Å². The van der Waals surface area contributed by atoms with Crippen LogP contribution in [0.1, 0.15) is 48.5 Å². The van der Waals surface area contributed by atoms with Gasteiger partial charge in [-0.05, 0) is 80.6 Å². The lowest BCUT2D eigenvalue weighted by Crippen LogP contribution is -2.40. The van der Waals surface area contributed by atoms with Crippen molar-refractivity contribution in [3.8, 4) is 0 Å². The van der Waals surface area contributed by atoms with Gasteiger partial charge in [0.2, 0.25) is 5.91 Å². The van der Waals surface area contributed by atoms with Crippen molar-refractivity contribution in [2.75, 3.05) is 34.0 Å². The molecule has 3 heterocycles. The summed E-state index contributed by atoms with van der Waals surface area (Å²) in [6, 6.07) is 16.4. The van der Waals surface area contributed by atoms with E-state index in [2.05, 4.69) is 39.5 Å². The molecule has 1 unspecified atom stereocenters. The van der Waals surface area contributed by atoms with Crippen LogP contribution < -0.4 is 20.9 Å². The molecule has 5 rings (SSSR count). The minimum Gasteiger partial charge on any atom is -0.396 e. The Bertz CT molecular complexity index is 1550. The number of benzene rings is 2. The molecule has 212 valence electrons. The van der Waals surface area contributed by atoms with Gasteiger partial charge in [0, 0.05) is 53.4 Å². The van der Waals surface area contributed by atoms with Gasteiger partial charge in [-0.3, -0.25) is 9.59 Å². The summed E-state index contributed by atoms with van der Waals surface area (Å²) in [4.78, 5) is 31.7. The van der Waals surface area contributed by atoms with Crippen LogP contribution in [0.25, 0.3) is 5.65 Å². The highest BCUT2D eigenvalue weighted by atomic mass is 16.3. The van der Waals surface area contributed by atoms with Gasteiger partial charge in [-0.25, -0.2) is 4.98 Å². The lowest BCUT2D eigenvalue weighted by Gasteiger charge is -2.36. The summed E-state index contributed by atoms with van der Waals surface area (Å²) in [6.45, 7) is 6.57. The fourth-order valence-electron chi connectivity index (χ4n) is 5.16. The van der Waals surface area contributed by atoms with Gasteiger partial charge in [0.05, 0.1) is 6.20 Å². The molecular formula is C31H35N7O3. The molecule has 2 amide bonds. The smallest absolute Gasteiger partial charge is 0.255 e. The summed E-state index contributed by atoms with van der Waals surface area (Å²) in [6.07, 6.45) is 7.83. The predicted octanol–water partition coefficient (Wildman–Crippen LogP) is 5.15. The van der Waals surface area contributed by atoms with Crippen LogP contribution in [0.2, 0.25) is 0 Å². The van der Waals surface area contributed by atoms with E-state index in [0.717, 1.165) is 60.8 Å². The third-order valence-corrected chi connectivity index (χ3v) is 7.29. The van der Waals surface area contributed by atoms with Crippen LogP contribution in [0.4, 0.5) is 28.7 Å². The summed E-state index contributed by atoms with van der Waals surface area (Å²) in [7, 11) is 0. The molecule has 1 atom stereocenters. The highest BCUT2D eigenvalue weighted by molar-refractivity contribution is 6.05. The Labute approximate surface area is 239 Å². The van der Waals surface area contributed by atoms with E-state index in [1.165, 1.54) is 6.08 Å². The van der Waals surface area contributed by atoms with E-state index < -0.39 is 0 Å². The number of fused-ring (bicyclic) bond motifs is 1. The highest BCUT2D eigenvalue weighted by Crippen LogP contribution is 2.30. The summed E-state index contributed by atoms with van der Waals surface area (Å²) in [5.74, 6) is 1.05. The first-order chi connectivity index (χ1) is 20.0. The average Bonchev–Trinajstić information content (AvgIpc) is 3.41. The Hall–Kier alpha value is -4.70. The molecule has 4 N–H and O–H groups in total. The summed E-state index contributed by atoms with van der Waals surface area (Å²) in [5, 5.41) is 23.3. The molecule has 1 aliphatic heterocycles. The number of nitrogens with one attached hydrogen (secondary N) is 3. The molecule has 0 spiro atoms. The topological polar surface area (TPSA) is 124 Å². The van der Waals surface area contributed by atoms with Gasteiger partial charge in [-0.2, -0.15) is 9.61 Å². The minimum absolute atomic E-state index is 0.149. The molecule has 2 aromatic heterocycles. The van der Waals surface area contributed by atoms with Crippen LogP contribution in [-0.2, 0) is 11.2 Å². The van der Waals surface area contributed by atoms with E-state index >= 15 is 0 Å². The van der Waals surface area contributed by atoms with Gasteiger partial charge in [0.1, 0.15) is 11.6 Å². The molecule has 1 fully saturated rings. The second kappa shape index (κ2) is 12.6.